The maximum atomic E-state index is 13.8. The lowest BCUT2D eigenvalue weighted by Gasteiger charge is -2.05. The van der Waals surface area contributed by atoms with Gasteiger partial charge in [-0.05, 0) is 70.7 Å². The van der Waals surface area contributed by atoms with E-state index in [2.05, 4.69) is 0 Å². The first-order valence-electron chi connectivity index (χ1n) is 8.13. The molecule has 5 heteroatoms. The molecule has 0 N–H and O–H groups in total. The highest BCUT2D eigenvalue weighted by Crippen LogP contribution is 2.43. The Morgan fingerprint density at radius 3 is 2.46 bits per heavy atom. The number of rotatable bonds is 4. The van der Waals surface area contributed by atoms with Gasteiger partial charge in [0.25, 0.3) is 0 Å². The van der Waals surface area contributed by atoms with Crippen LogP contribution in [0.2, 0.25) is 0 Å². The Labute approximate surface area is 154 Å². The third kappa shape index (κ3) is 3.53. The number of hydrogen-bond donors (Lipinski definition) is 0. The molecule has 26 heavy (non-hydrogen) atoms. The van der Waals surface area contributed by atoms with Crippen molar-refractivity contribution in [2.24, 2.45) is 0 Å². The Bertz CT molecular complexity index is 956. The predicted octanol–water partition coefficient (Wildman–Crippen LogP) is 4.45. The van der Waals surface area contributed by atoms with E-state index < -0.39 is 10.8 Å². The van der Waals surface area contributed by atoms with E-state index in [0.29, 0.717) is 0 Å². The summed E-state index contributed by atoms with van der Waals surface area (Å²) in [6.45, 7) is 1.93. The maximum Gasteiger partial charge on any atom is 0.310 e. The van der Waals surface area contributed by atoms with Gasteiger partial charge in [-0.25, -0.2) is 4.39 Å². The zero-order chi connectivity index (χ0) is 18.8. The van der Waals surface area contributed by atoms with E-state index in [4.69, 9.17) is 4.74 Å². The summed E-state index contributed by atoms with van der Waals surface area (Å²) in [4.78, 5) is 12.5. The minimum absolute atomic E-state index is 0.101. The molecule has 0 spiro atoms. The predicted molar refractivity (Wildman–Crippen MR) is 102 cm³/mol. The summed E-state index contributed by atoms with van der Waals surface area (Å²) in [7, 11) is 0.319. The first-order chi connectivity index (χ1) is 12.4. The highest BCUT2D eigenvalue weighted by molar-refractivity contribution is 7.84. The largest absolute Gasteiger partial charge is 0.469 e. The van der Waals surface area contributed by atoms with E-state index in [1.807, 2.05) is 37.3 Å². The van der Waals surface area contributed by atoms with Crippen LogP contribution in [-0.4, -0.2) is 23.5 Å². The quantitative estimate of drug-likeness (QED) is 0.747. The lowest BCUT2D eigenvalue weighted by atomic mass is 10.0. The molecule has 0 amide bonds. The minimum atomic E-state index is -1.02. The Morgan fingerprint density at radius 2 is 1.85 bits per heavy atom. The van der Waals surface area contributed by atoms with Gasteiger partial charge < -0.3 is 4.74 Å². The number of fused-ring (bicyclic) bond motifs is 1. The normalized spacial score (nSPS) is 15.9. The summed E-state index contributed by atoms with van der Waals surface area (Å²) >= 11 is 0. The van der Waals surface area contributed by atoms with Crippen LogP contribution in [0.4, 0.5) is 4.39 Å². The number of benzene rings is 2. The summed E-state index contributed by atoms with van der Waals surface area (Å²) in [5.74, 6) is -0.694. The van der Waals surface area contributed by atoms with Gasteiger partial charge in [0.15, 0.2) is 0 Å². The standard InChI is InChI=1S/C21H19FO3S/c1-13-18(10-14-4-7-16(8-5-14)26(3)24)17-9-6-15(22)11-20(17)19(13)12-21(23)25-2/h4-11H,12H2,1-3H3/b18-10-/t26-/m0/s1. The highest BCUT2D eigenvalue weighted by atomic mass is 32.2. The molecule has 1 aliphatic rings. The number of hydrogen-bond acceptors (Lipinski definition) is 3. The molecule has 0 bridgehead atoms. The van der Waals surface area contributed by atoms with Gasteiger partial charge >= 0.3 is 5.97 Å². The maximum absolute atomic E-state index is 13.8. The lowest BCUT2D eigenvalue weighted by molar-refractivity contribution is -0.139. The number of halogens is 1. The van der Waals surface area contributed by atoms with Crippen LogP contribution in [0, 0.1) is 5.82 Å². The highest BCUT2D eigenvalue weighted by Gasteiger charge is 2.25. The second kappa shape index (κ2) is 7.38. The molecule has 0 saturated carbocycles. The molecule has 0 aliphatic heterocycles. The zero-order valence-electron chi connectivity index (χ0n) is 14.8. The molecule has 0 heterocycles. The van der Waals surface area contributed by atoms with E-state index in [-0.39, 0.29) is 18.2 Å². The van der Waals surface area contributed by atoms with Gasteiger partial charge in [-0.2, -0.15) is 0 Å². The monoisotopic (exact) mass is 370 g/mol. The van der Waals surface area contributed by atoms with E-state index in [9.17, 15) is 13.4 Å². The fraction of sp³-hybridized carbons (Fsp3) is 0.190. The minimum Gasteiger partial charge on any atom is -0.469 e. The van der Waals surface area contributed by atoms with Crippen LogP contribution in [0.15, 0.2) is 52.9 Å². The van der Waals surface area contributed by atoms with Gasteiger partial charge in [-0.3, -0.25) is 9.00 Å². The number of carbonyl (C=O) groups excluding carboxylic acids is 1. The summed E-state index contributed by atoms with van der Waals surface area (Å²) in [5.41, 5.74) is 5.23. The first kappa shape index (κ1) is 18.3. The Hall–Kier alpha value is -2.53. The molecule has 1 atom stereocenters. The van der Waals surface area contributed by atoms with Crippen molar-refractivity contribution in [1.29, 1.82) is 0 Å². The summed E-state index contributed by atoms with van der Waals surface area (Å²) in [6.07, 6.45) is 3.74. The third-order valence-corrected chi connectivity index (χ3v) is 5.46. The molecule has 2 aromatic rings. The fourth-order valence-electron chi connectivity index (χ4n) is 3.12. The Morgan fingerprint density at radius 1 is 1.15 bits per heavy atom. The number of methoxy groups -OCH3 is 1. The zero-order valence-corrected chi connectivity index (χ0v) is 15.7. The molecule has 0 unspecified atom stereocenters. The molecular weight excluding hydrogens is 351 g/mol. The van der Waals surface area contributed by atoms with Crippen molar-refractivity contribution in [3.05, 3.63) is 70.5 Å². The number of ether oxygens (including phenoxy) is 1. The molecule has 0 saturated heterocycles. The number of carbonyl (C=O) groups is 1. The van der Waals surface area contributed by atoms with Crippen LogP contribution in [0.3, 0.4) is 0 Å². The average Bonchev–Trinajstić information content (AvgIpc) is 2.87. The van der Waals surface area contributed by atoms with E-state index in [1.54, 1.807) is 12.3 Å². The SMILES string of the molecule is COC(=O)CC1=C(C)/C(=C/c2ccc([S@](C)=O)cc2)c2ccc(F)cc21. The van der Waals surface area contributed by atoms with Crippen molar-refractivity contribution >= 4 is 34.0 Å². The molecule has 0 radical (unpaired) electrons. The fourth-order valence-corrected chi connectivity index (χ4v) is 3.64. The summed E-state index contributed by atoms with van der Waals surface area (Å²) < 4.78 is 30.1. The number of allylic oxidation sites excluding steroid dienone is 2. The number of esters is 1. The van der Waals surface area contributed by atoms with Gasteiger partial charge in [0.05, 0.1) is 13.5 Å². The summed E-state index contributed by atoms with van der Waals surface area (Å²) in [6, 6.07) is 12.1. The lowest BCUT2D eigenvalue weighted by Crippen LogP contribution is -2.01. The molecule has 0 aromatic heterocycles. The van der Waals surface area contributed by atoms with Crippen LogP contribution in [0.5, 0.6) is 0 Å². The molecule has 1 aliphatic carbocycles. The second-order valence-electron chi connectivity index (χ2n) is 6.13. The van der Waals surface area contributed by atoms with Crippen molar-refractivity contribution in [1.82, 2.24) is 0 Å². The average molecular weight is 370 g/mol. The van der Waals surface area contributed by atoms with Crippen LogP contribution in [0.1, 0.15) is 30.0 Å². The van der Waals surface area contributed by atoms with Crippen molar-refractivity contribution in [3.8, 4) is 0 Å². The third-order valence-electron chi connectivity index (χ3n) is 4.53. The molecular formula is C21H19FO3S. The molecule has 0 fully saturated rings. The van der Waals surface area contributed by atoms with Crippen LogP contribution >= 0.6 is 0 Å². The van der Waals surface area contributed by atoms with E-state index in [1.165, 1.54) is 19.2 Å². The van der Waals surface area contributed by atoms with E-state index >= 15 is 0 Å². The molecule has 134 valence electrons. The van der Waals surface area contributed by atoms with Crippen LogP contribution < -0.4 is 0 Å². The van der Waals surface area contributed by atoms with Crippen molar-refractivity contribution in [2.75, 3.05) is 13.4 Å². The van der Waals surface area contributed by atoms with Crippen LogP contribution in [0.25, 0.3) is 17.2 Å². The second-order valence-corrected chi connectivity index (χ2v) is 7.51. The topological polar surface area (TPSA) is 43.4 Å². The Kier molecular flexibility index (Phi) is 5.18. The van der Waals surface area contributed by atoms with E-state index in [0.717, 1.165) is 38.3 Å². The molecule has 3 rings (SSSR count). The van der Waals surface area contributed by atoms with Crippen molar-refractivity contribution in [3.63, 3.8) is 0 Å². The molecule has 3 nitrogen and oxygen atoms in total. The molecule has 2 aromatic carbocycles. The van der Waals surface area contributed by atoms with Crippen LogP contribution in [-0.2, 0) is 20.3 Å². The van der Waals surface area contributed by atoms with Crippen molar-refractivity contribution in [2.45, 2.75) is 18.2 Å². The van der Waals surface area contributed by atoms with Crippen molar-refractivity contribution < 1.29 is 18.1 Å². The van der Waals surface area contributed by atoms with Gasteiger partial charge in [0.1, 0.15) is 5.82 Å². The smallest absolute Gasteiger partial charge is 0.310 e. The summed E-state index contributed by atoms with van der Waals surface area (Å²) in [5, 5.41) is 0. The van der Waals surface area contributed by atoms with Gasteiger partial charge in [-0.1, -0.05) is 18.2 Å². The Balaban J connectivity index is 2.08. The van der Waals surface area contributed by atoms with Gasteiger partial charge in [0, 0.05) is 22.0 Å². The van der Waals surface area contributed by atoms with Gasteiger partial charge in [0.2, 0.25) is 0 Å². The first-order valence-corrected chi connectivity index (χ1v) is 9.69. The van der Waals surface area contributed by atoms with Gasteiger partial charge in [-0.15, -0.1) is 0 Å².